The number of benzene rings is 2. The van der Waals surface area contributed by atoms with Crippen LogP contribution in [0.2, 0.25) is 0 Å². The average molecular weight is 311 g/mol. The monoisotopic (exact) mass is 311 g/mol. The van der Waals surface area contributed by atoms with E-state index in [1.807, 2.05) is 48.5 Å². The fraction of sp³-hybridized carbons (Fsp3) is 0.316. The first-order valence-electron chi connectivity index (χ1n) is 7.99. The maximum atomic E-state index is 11.9. The van der Waals surface area contributed by atoms with Crippen molar-refractivity contribution in [2.24, 2.45) is 0 Å². The van der Waals surface area contributed by atoms with E-state index >= 15 is 0 Å². The SMILES string of the molecule is O=C(CCCOc1ccccc1)NCC1COc2ccccc21. The normalized spacial score (nSPS) is 15.6. The second-order valence-electron chi connectivity index (χ2n) is 5.61. The minimum atomic E-state index is 0.0612. The predicted molar refractivity (Wildman–Crippen MR) is 88.9 cm³/mol. The number of fused-ring (bicyclic) bond motifs is 1. The number of carbonyl (C=O) groups is 1. The van der Waals surface area contributed by atoms with Crippen LogP contribution in [0.15, 0.2) is 54.6 Å². The number of para-hydroxylation sites is 2. The fourth-order valence-corrected chi connectivity index (χ4v) is 2.66. The molecule has 1 N–H and O–H groups in total. The van der Waals surface area contributed by atoms with Crippen molar-refractivity contribution in [3.8, 4) is 11.5 Å². The zero-order valence-corrected chi connectivity index (χ0v) is 13.0. The molecule has 4 nitrogen and oxygen atoms in total. The molecule has 0 spiro atoms. The lowest BCUT2D eigenvalue weighted by molar-refractivity contribution is -0.121. The van der Waals surface area contributed by atoms with Gasteiger partial charge in [0.1, 0.15) is 11.5 Å². The molecule has 23 heavy (non-hydrogen) atoms. The molecule has 0 fully saturated rings. The lowest BCUT2D eigenvalue weighted by Crippen LogP contribution is -2.29. The van der Waals surface area contributed by atoms with Gasteiger partial charge in [-0.15, -0.1) is 0 Å². The molecule has 0 aliphatic carbocycles. The molecule has 1 unspecified atom stereocenters. The van der Waals surface area contributed by atoms with Gasteiger partial charge in [0.25, 0.3) is 0 Å². The van der Waals surface area contributed by atoms with Crippen LogP contribution in [-0.4, -0.2) is 25.7 Å². The Morgan fingerprint density at radius 3 is 2.78 bits per heavy atom. The van der Waals surface area contributed by atoms with Crippen LogP contribution in [0.1, 0.15) is 24.3 Å². The number of hydrogen-bond acceptors (Lipinski definition) is 3. The van der Waals surface area contributed by atoms with Crippen molar-refractivity contribution in [2.45, 2.75) is 18.8 Å². The van der Waals surface area contributed by atoms with Crippen LogP contribution in [-0.2, 0) is 4.79 Å². The molecule has 1 atom stereocenters. The highest BCUT2D eigenvalue weighted by Crippen LogP contribution is 2.32. The third-order valence-corrected chi connectivity index (χ3v) is 3.90. The molecule has 3 rings (SSSR count). The van der Waals surface area contributed by atoms with Gasteiger partial charge in [0.05, 0.1) is 13.2 Å². The smallest absolute Gasteiger partial charge is 0.220 e. The lowest BCUT2D eigenvalue weighted by Gasteiger charge is -2.11. The van der Waals surface area contributed by atoms with Crippen LogP contribution in [0.25, 0.3) is 0 Å². The molecule has 1 heterocycles. The van der Waals surface area contributed by atoms with Crippen molar-refractivity contribution in [3.63, 3.8) is 0 Å². The Hall–Kier alpha value is -2.49. The Kier molecular flexibility index (Phi) is 5.14. The number of hydrogen-bond donors (Lipinski definition) is 1. The van der Waals surface area contributed by atoms with Crippen molar-refractivity contribution in [2.75, 3.05) is 19.8 Å². The van der Waals surface area contributed by atoms with Crippen molar-refractivity contribution in [1.29, 1.82) is 0 Å². The Labute approximate surface area is 136 Å². The van der Waals surface area contributed by atoms with Gasteiger partial charge in [0.15, 0.2) is 0 Å². The number of carbonyl (C=O) groups excluding carboxylic acids is 1. The van der Waals surface area contributed by atoms with E-state index in [1.165, 1.54) is 5.56 Å². The van der Waals surface area contributed by atoms with E-state index in [0.29, 0.717) is 32.6 Å². The summed E-state index contributed by atoms with van der Waals surface area (Å²) >= 11 is 0. The summed E-state index contributed by atoms with van der Waals surface area (Å²) in [4.78, 5) is 11.9. The Balaban J connectivity index is 1.34. The second kappa shape index (κ2) is 7.68. The van der Waals surface area contributed by atoms with Gasteiger partial charge in [-0.25, -0.2) is 0 Å². The molecule has 0 radical (unpaired) electrons. The summed E-state index contributed by atoms with van der Waals surface area (Å²) < 4.78 is 11.2. The Morgan fingerprint density at radius 2 is 1.91 bits per heavy atom. The first kappa shape index (κ1) is 15.4. The molecule has 0 saturated heterocycles. The van der Waals surface area contributed by atoms with E-state index in [1.54, 1.807) is 0 Å². The van der Waals surface area contributed by atoms with E-state index in [-0.39, 0.29) is 11.8 Å². The van der Waals surface area contributed by atoms with E-state index in [4.69, 9.17) is 9.47 Å². The standard InChI is InChI=1S/C19H21NO3/c21-19(11-6-12-22-16-7-2-1-3-8-16)20-13-15-14-23-18-10-5-4-9-17(15)18/h1-5,7-10,15H,6,11-14H2,(H,20,21). The molecule has 0 aromatic heterocycles. The van der Waals surface area contributed by atoms with Gasteiger partial charge in [-0.2, -0.15) is 0 Å². The highest BCUT2D eigenvalue weighted by Gasteiger charge is 2.23. The number of amides is 1. The minimum Gasteiger partial charge on any atom is -0.494 e. The predicted octanol–water partition coefficient (Wildman–Crippen LogP) is 3.14. The van der Waals surface area contributed by atoms with Crippen molar-refractivity contribution < 1.29 is 14.3 Å². The van der Waals surface area contributed by atoms with Crippen molar-refractivity contribution in [1.82, 2.24) is 5.32 Å². The van der Waals surface area contributed by atoms with Crippen LogP contribution < -0.4 is 14.8 Å². The summed E-state index contributed by atoms with van der Waals surface area (Å²) in [6, 6.07) is 17.6. The molecule has 4 heteroatoms. The van der Waals surface area contributed by atoms with Gasteiger partial charge >= 0.3 is 0 Å². The largest absolute Gasteiger partial charge is 0.494 e. The van der Waals surface area contributed by atoms with Gasteiger partial charge in [-0.05, 0) is 24.6 Å². The van der Waals surface area contributed by atoms with Gasteiger partial charge in [0.2, 0.25) is 5.91 Å². The van der Waals surface area contributed by atoms with Gasteiger partial charge in [-0.3, -0.25) is 4.79 Å². The summed E-state index contributed by atoms with van der Waals surface area (Å²) in [6.45, 7) is 1.80. The van der Waals surface area contributed by atoms with Crippen LogP contribution in [0.5, 0.6) is 11.5 Å². The maximum absolute atomic E-state index is 11.9. The molecule has 0 saturated carbocycles. The zero-order chi connectivity index (χ0) is 15.9. The molecule has 1 amide bonds. The van der Waals surface area contributed by atoms with Crippen LogP contribution in [0.3, 0.4) is 0 Å². The lowest BCUT2D eigenvalue weighted by atomic mass is 10.0. The summed E-state index contributed by atoms with van der Waals surface area (Å²) in [6.07, 6.45) is 1.18. The Bertz CT molecular complexity index is 642. The molecule has 0 bridgehead atoms. The molecular formula is C19H21NO3. The minimum absolute atomic E-state index is 0.0612. The molecule has 120 valence electrons. The van der Waals surface area contributed by atoms with Crippen LogP contribution >= 0.6 is 0 Å². The topological polar surface area (TPSA) is 47.6 Å². The average Bonchev–Trinajstić information content (AvgIpc) is 3.01. The van der Waals surface area contributed by atoms with Gasteiger partial charge in [-0.1, -0.05) is 36.4 Å². The van der Waals surface area contributed by atoms with Gasteiger partial charge in [0, 0.05) is 24.4 Å². The van der Waals surface area contributed by atoms with E-state index in [9.17, 15) is 4.79 Å². The molecular weight excluding hydrogens is 290 g/mol. The highest BCUT2D eigenvalue weighted by molar-refractivity contribution is 5.75. The summed E-state index contributed by atoms with van der Waals surface area (Å²) in [5.74, 6) is 2.08. The third kappa shape index (κ3) is 4.25. The van der Waals surface area contributed by atoms with Gasteiger partial charge < -0.3 is 14.8 Å². The second-order valence-corrected chi connectivity index (χ2v) is 5.61. The van der Waals surface area contributed by atoms with E-state index in [2.05, 4.69) is 11.4 Å². The van der Waals surface area contributed by atoms with E-state index in [0.717, 1.165) is 11.5 Å². The third-order valence-electron chi connectivity index (χ3n) is 3.90. The summed E-state index contributed by atoms with van der Waals surface area (Å²) in [7, 11) is 0. The number of nitrogens with one attached hydrogen (secondary N) is 1. The molecule has 2 aromatic rings. The Morgan fingerprint density at radius 1 is 1.13 bits per heavy atom. The molecule has 1 aliphatic rings. The fourth-order valence-electron chi connectivity index (χ4n) is 2.66. The van der Waals surface area contributed by atoms with Crippen LogP contribution in [0.4, 0.5) is 0 Å². The van der Waals surface area contributed by atoms with Crippen molar-refractivity contribution in [3.05, 3.63) is 60.2 Å². The summed E-state index contributed by atoms with van der Waals surface area (Å²) in [5.41, 5.74) is 1.18. The maximum Gasteiger partial charge on any atom is 0.220 e. The molecule has 2 aromatic carbocycles. The zero-order valence-electron chi connectivity index (χ0n) is 13.0. The first-order chi connectivity index (χ1) is 11.3. The van der Waals surface area contributed by atoms with E-state index < -0.39 is 0 Å². The first-order valence-corrected chi connectivity index (χ1v) is 7.99. The quantitative estimate of drug-likeness (QED) is 0.799. The van der Waals surface area contributed by atoms with Crippen molar-refractivity contribution >= 4 is 5.91 Å². The van der Waals surface area contributed by atoms with Crippen LogP contribution in [0, 0.1) is 0 Å². The number of ether oxygens (including phenoxy) is 2. The molecule has 1 aliphatic heterocycles. The summed E-state index contributed by atoms with van der Waals surface area (Å²) in [5, 5.41) is 2.99. The number of rotatable bonds is 7. The highest BCUT2D eigenvalue weighted by atomic mass is 16.5.